The first kappa shape index (κ1) is 20.4. The molecule has 4 aromatic rings. The summed E-state index contributed by atoms with van der Waals surface area (Å²) in [5.74, 6) is 0.670. The average molecular weight is 427 g/mol. The molecule has 2 aromatic carbocycles. The van der Waals surface area contributed by atoms with Gasteiger partial charge in [-0.1, -0.05) is 41.6 Å². The zero-order chi connectivity index (χ0) is 21.8. The molecule has 9 heteroatoms. The Morgan fingerprint density at radius 2 is 1.87 bits per heavy atom. The monoisotopic (exact) mass is 427 g/mol. The van der Waals surface area contributed by atoms with Gasteiger partial charge in [-0.15, -0.1) is 0 Å². The van der Waals surface area contributed by atoms with Crippen molar-refractivity contribution in [2.24, 2.45) is 0 Å². The third-order valence-electron chi connectivity index (χ3n) is 4.46. The van der Waals surface area contributed by atoms with E-state index in [0.29, 0.717) is 23.2 Å². The first-order chi connectivity index (χ1) is 14.9. The standard InChI is InChI=1S/C22H16F3N3O3/c23-22(24,25)16-7-3-5-14(11-16)12-19(29)26-17-8-2-1-6-15(17)13-20-27-21(28-31-20)18-9-4-10-30-18/h1-11H,12-13H2,(H,26,29). The van der Waals surface area contributed by atoms with Gasteiger partial charge < -0.3 is 14.3 Å². The molecule has 2 aromatic heterocycles. The highest BCUT2D eigenvalue weighted by molar-refractivity contribution is 5.93. The Bertz CT molecular complexity index is 1180. The SMILES string of the molecule is O=C(Cc1cccc(C(F)(F)F)c1)Nc1ccccc1Cc1nc(-c2ccco2)no1. The van der Waals surface area contributed by atoms with Gasteiger partial charge in [-0.05, 0) is 35.4 Å². The minimum Gasteiger partial charge on any atom is -0.461 e. The van der Waals surface area contributed by atoms with Crippen molar-refractivity contribution in [1.82, 2.24) is 10.1 Å². The van der Waals surface area contributed by atoms with Crippen molar-refractivity contribution in [2.45, 2.75) is 19.0 Å². The van der Waals surface area contributed by atoms with Gasteiger partial charge in [0.15, 0.2) is 5.76 Å². The van der Waals surface area contributed by atoms with Crippen LogP contribution in [-0.4, -0.2) is 16.0 Å². The summed E-state index contributed by atoms with van der Waals surface area (Å²) in [6, 6.07) is 15.1. The van der Waals surface area contributed by atoms with Crippen LogP contribution in [0.1, 0.15) is 22.6 Å². The number of carbonyl (C=O) groups is 1. The summed E-state index contributed by atoms with van der Waals surface area (Å²) < 4.78 is 49.1. The van der Waals surface area contributed by atoms with Gasteiger partial charge in [-0.2, -0.15) is 18.2 Å². The number of hydrogen-bond donors (Lipinski definition) is 1. The molecule has 0 atom stereocenters. The fourth-order valence-corrected chi connectivity index (χ4v) is 3.03. The minimum absolute atomic E-state index is 0.193. The summed E-state index contributed by atoms with van der Waals surface area (Å²) in [6.07, 6.45) is -2.90. The lowest BCUT2D eigenvalue weighted by molar-refractivity contribution is -0.137. The van der Waals surface area contributed by atoms with Crippen LogP contribution in [0.4, 0.5) is 18.9 Å². The van der Waals surface area contributed by atoms with Crippen LogP contribution in [-0.2, 0) is 23.8 Å². The average Bonchev–Trinajstić information content (AvgIpc) is 3.41. The summed E-state index contributed by atoms with van der Waals surface area (Å²) in [5, 5.41) is 6.61. The van der Waals surface area contributed by atoms with E-state index in [1.807, 2.05) is 0 Å². The second kappa shape index (κ2) is 8.47. The molecule has 0 aliphatic heterocycles. The summed E-state index contributed by atoms with van der Waals surface area (Å²) in [7, 11) is 0. The number of anilines is 1. The zero-order valence-corrected chi connectivity index (χ0v) is 16.0. The Hall–Kier alpha value is -3.88. The van der Waals surface area contributed by atoms with Crippen molar-refractivity contribution in [3.63, 3.8) is 0 Å². The topological polar surface area (TPSA) is 81.2 Å². The summed E-state index contributed by atoms with van der Waals surface area (Å²) in [5.41, 5.74) is 0.707. The van der Waals surface area contributed by atoms with E-state index in [2.05, 4.69) is 15.5 Å². The number of furan rings is 1. The van der Waals surface area contributed by atoms with E-state index in [9.17, 15) is 18.0 Å². The van der Waals surface area contributed by atoms with Crippen molar-refractivity contribution >= 4 is 11.6 Å². The zero-order valence-electron chi connectivity index (χ0n) is 16.0. The first-order valence-electron chi connectivity index (χ1n) is 9.29. The summed E-state index contributed by atoms with van der Waals surface area (Å²) in [6.45, 7) is 0. The van der Waals surface area contributed by atoms with Gasteiger partial charge in [0.2, 0.25) is 17.6 Å². The molecule has 0 aliphatic carbocycles. The molecule has 0 bridgehead atoms. The van der Waals surface area contributed by atoms with Gasteiger partial charge in [0, 0.05) is 5.69 Å². The number of nitrogens with one attached hydrogen (secondary N) is 1. The smallest absolute Gasteiger partial charge is 0.416 e. The highest BCUT2D eigenvalue weighted by atomic mass is 19.4. The van der Waals surface area contributed by atoms with Crippen LogP contribution in [0.15, 0.2) is 75.9 Å². The second-order valence-corrected chi connectivity index (χ2v) is 6.75. The maximum atomic E-state index is 12.9. The van der Waals surface area contributed by atoms with Crippen molar-refractivity contribution in [3.05, 3.63) is 89.5 Å². The van der Waals surface area contributed by atoms with Gasteiger partial charge in [-0.25, -0.2) is 0 Å². The molecule has 0 fully saturated rings. The van der Waals surface area contributed by atoms with Crippen LogP contribution >= 0.6 is 0 Å². The van der Waals surface area contributed by atoms with Crippen molar-refractivity contribution < 1.29 is 26.9 Å². The molecule has 0 saturated heterocycles. The number of benzene rings is 2. The van der Waals surface area contributed by atoms with E-state index in [0.717, 1.165) is 17.7 Å². The maximum Gasteiger partial charge on any atom is 0.416 e. The van der Waals surface area contributed by atoms with E-state index in [-0.39, 0.29) is 18.4 Å². The number of rotatable bonds is 6. The van der Waals surface area contributed by atoms with Crippen LogP contribution in [0.3, 0.4) is 0 Å². The molecule has 1 N–H and O–H groups in total. The molecule has 158 valence electrons. The molecule has 0 radical (unpaired) electrons. The van der Waals surface area contributed by atoms with E-state index in [4.69, 9.17) is 8.94 Å². The van der Waals surface area contributed by atoms with Crippen molar-refractivity contribution in [1.29, 1.82) is 0 Å². The van der Waals surface area contributed by atoms with Crippen molar-refractivity contribution in [2.75, 3.05) is 5.32 Å². The van der Waals surface area contributed by atoms with Gasteiger partial charge in [0.25, 0.3) is 0 Å². The van der Waals surface area contributed by atoms with Gasteiger partial charge in [0.05, 0.1) is 24.7 Å². The Labute approximate surface area is 174 Å². The third-order valence-corrected chi connectivity index (χ3v) is 4.46. The number of para-hydroxylation sites is 1. The number of alkyl halides is 3. The first-order valence-corrected chi connectivity index (χ1v) is 9.29. The number of nitrogens with zero attached hydrogens (tertiary/aromatic N) is 2. The molecule has 4 rings (SSSR count). The summed E-state index contributed by atoms with van der Waals surface area (Å²) in [4.78, 5) is 16.7. The van der Waals surface area contributed by atoms with Crippen molar-refractivity contribution in [3.8, 4) is 11.6 Å². The number of aromatic nitrogens is 2. The number of hydrogen-bond acceptors (Lipinski definition) is 5. The number of carbonyl (C=O) groups excluding carboxylic acids is 1. The predicted octanol–water partition coefficient (Wildman–Crippen LogP) is 5.12. The normalized spacial score (nSPS) is 11.5. The minimum atomic E-state index is -4.46. The highest BCUT2D eigenvalue weighted by Crippen LogP contribution is 2.29. The predicted molar refractivity (Wildman–Crippen MR) is 105 cm³/mol. The van der Waals surface area contributed by atoms with E-state index >= 15 is 0 Å². The second-order valence-electron chi connectivity index (χ2n) is 6.75. The van der Waals surface area contributed by atoms with E-state index in [1.54, 1.807) is 36.4 Å². The van der Waals surface area contributed by atoms with E-state index in [1.165, 1.54) is 18.4 Å². The third kappa shape index (κ3) is 5.00. The lowest BCUT2D eigenvalue weighted by atomic mass is 10.1. The molecule has 2 heterocycles. The van der Waals surface area contributed by atoms with Crippen LogP contribution in [0.25, 0.3) is 11.6 Å². The molecule has 6 nitrogen and oxygen atoms in total. The van der Waals surface area contributed by atoms with Gasteiger partial charge in [-0.3, -0.25) is 4.79 Å². The lowest BCUT2D eigenvalue weighted by Gasteiger charge is -2.11. The molecule has 1 amide bonds. The highest BCUT2D eigenvalue weighted by Gasteiger charge is 2.30. The molecular weight excluding hydrogens is 411 g/mol. The van der Waals surface area contributed by atoms with Crippen LogP contribution in [0.5, 0.6) is 0 Å². The fraction of sp³-hybridized carbons (Fsp3) is 0.136. The Morgan fingerprint density at radius 1 is 1.03 bits per heavy atom. The summed E-state index contributed by atoms with van der Waals surface area (Å²) >= 11 is 0. The quantitative estimate of drug-likeness (QED) is 0.462. The molecule has 0 aliphatic rings. The number of halogens is 3. The largest absolute Gasteiger partial charge is 0.461 e. The number of amides is 1. The Balaban J connectivity index is 1.46. The maximum absolute atomic E-state index is 12.9. The van der Waals surface area contributed by atoms with Crippen LogP contribution in [0, 0.1) is 0 Å². The van der Waals surface area contributed by atoms with E-state index < -0.39 is 17.6 Å². The molecule has 0 spiro atoms. The van der Waals surface area contributed by atoms with Gasteiger partial charge >= 0.3 is 6.18 Å². The van der Waals surface area contributed by atoms with Crippen LogP contribution in [0.2, 0.25) is 0 Å². The Morgan fingerprint density at radius 3 is 2.65 bits per heavy atom. The lowest BCUT2D eigenvalue weighted by Crippen LogP contribution is -2.16. The molecular formula is C22H16F3N3O3. The van der Waals surface area contributed by atoms with Crippen LogP contribution < -0.4 is 5.32 Å². The fourth-order valence-electron chi connectivity index (χ4n) is 3.03. The molecule has 0 unspecified atom stereocenters. The molecule has 0 saturated carbocycles. The Kier molecular flexibility index (Phi) is 5.57. The molecule has 31 heavy (non-hydrogen) atoms. The van der Waals surface area contributed by atoms with Gasteiger partial charge in [0.1, 0.15) is 0 Å².